The van der Waals surface area contributed by atoms with Gasteiger partial charge in [-0.3, -0.25) is 4.79 Å². The van der Waals surface area contributed by atoms with Crippen molar-refractivity contribution in [2.75, 3.05) is 28.8 Å². The van der Waals surface area contributed by atoms with Gasteiger partial charge in [-0.05, 0) is 30.7 Å². The van der Waals surface area contributed by atoms with Crippen LogP contribution in [0.2, 0.25) is 0 Å². The molecule has 1 aliphatic heterocycles. The Morgan fingerprint density at radius 2 is 2.00 bits per heavy atom. The van der Waals surface area contributed by atoms with E-state index in [4.69, 9.17) is 0 Å². The van der Waals surface area contributed by atoms with Gasteiger partial charge in [0.05, 0.1) is 11.5 Å². The molecule has 1 amide bonds. The Morgan fingerprint density at radius 1 is 1.23 bits per heavy atom. The summed E-state index contributed by atoms with van der Waals surface area (Å²) in [6.45, 7) is 0. The Hall–Kier alpha value is -2.55. The van der Waals surface area contributed by atoms with Crippen molar-refractivity contribution >= 4 is 27.2 Å². The third kappa shape index (κ3) is 3.98. The number of carbonyl (C=O) groups is 1. The fraction of sp³-hybridized carbons (Fsp3) is 0.294. The first-order valence-electron chi connectivity index (χ1n) is 7.91. The van der Waals surface area contributed by atoms with Crippen LogP contribution in [-0.4, -0.2) is 43.9 Å². The fourth-order valence-corrected chi connectivity index (χ4v) is 4.57. The predicted octanol–water partition coefficient (Wildman–Crippen LogP) is 2.24. The van der Waals surface area contributed by atoms with E-state index in [1.165, 1.54) is 24.4 Å². The molecule has 1 aliphatic rings. The lowest BCUT2D eigenvalue weighted by Crippen LogP contribution is -2.33. The minimum absolute atomic E-state index is 0.0520. The van der Waals surface area contributed by atoms with Crippen LogP contribution in [0.3, 0.4) is 0 Å². The fourth-order valence-electron chi connectivity index (χ4n) is 2.80. The number of hydrogen-bond donors (Lipinski definition) is 1. The summed E-state index contributed by atoms with van der Waals surface area (Å²) in [4.78, 5) is 18.3. The average Bonchev–Trinajstić information content (AvgIpc) is 2.97. The SMILES string of the molecule is CN(c1cc(C(=O)Nc2ccc(F)c(F)c2)ccn1)C1CCS(=O)(=O)C1. The van der Waals surface area contributed by atoms with Gasteiger partial charge in [0.2, 0.25) is 0 Å². The molecule has 138 valence electrons. The highest BCUT2D eigenvalue weighted by Gasteiger charge is 2.31. The highest BCUT2D eigenvalue weighted by atomic mass is 32.2. The van der Waals surface area contributed by atoms with Crippen LogP contribution < -0.4 is 10.2 Å². The number of nitrogens with zero attached hydrogens (tertiary/aromatic N) is 2. The van der Waals surface area contributed by atoms with E-state index < -0.39 is 27.4 Å². The summed E-state index contributed by atoms with van der Waals surface area (Å²) < 4.78 is 49.5. The molecule has 2 heterocycles. The molecule has 1 N–H and O–H groups in total. The molecule has 0 spiro atoms. The zero-order valence-corrected chi connectivity index (χ0v) is 14.8. The molecule has 6 nitrogen and oxygen atoms in total. The van der Waals surface area contributed by atoms with Gasteiger partial charge in [-0.1, -0.05) is 0 Å². The number of anilines is 2. The standard InChI is InChI=1S/C17H17F2N3O3S/c1-22(13-5-7-26(24,25)10-13)16-8-11(4-6-20-16)17(23)21-12-2-3-14(18)15(19)9-12/h2-4,6,8-9,13H,5,7,10H2,1H3,(H,21,23). The van der Waals surface area contributed by atoms with Gasteiger partial charge in [0.1, 0.15) is 5.82 Å². The van der Waals surface area contributed by atoms with Gasteiger partial charge < -0.3 is 10.2 Å². The van der Waals surface area contributed by atoms with Crippen LogP contribution in [0, 0.1) is 11.6 Å². The van der Waals surface area contributed by atoms with Gasteiger partial charge in [-0.15, -0.1) is 0 Å². The van der Waals surface area contributed by atoms with E-state index in [0.717, 1.165) is 12.1 Å². The lowest BCUT2D eigenvalue weighted by atomic mass is 10.2. The molecule has 1 unspecified atom stereocenters. The molecular weight excluding hydrogens is 364 g/mol. The maximum absolute atomic E-state index is 13.2. The van der Waals surface area contributed by atoms with Crippen molar-refractivity contribution in [2.45, 2.75) is 12.5 Å². The summed E-state index contributed by atoms with van der Waals surface area (Å²) in [5, 5.41) is 2.49. The Morgan fingerprint density at radius 3 is 2.65 bits per heavy atom. The highest BCUT2D eigenvalue weighted by Crippen LogP contribution is 2.22. The second kappa shape index (κ2) is 6.99. The molecule has 0 saturated carbocycles. The second-order valence-corrected chi connectivity index (χ2v) is 8.38. The third-order valence-electron chi connectivity index (χ3n) is 4.30. The number of nitrogens with one attached hydrogen (secondary N) is 1. The number of halogens is 2. The predicted molar refractivity (Wildman–Crippen MR) is 94.0 cm³/mol. The first-order chi connectivity index (χ1) is 12.2. The Kier molecular flexibility index (Phi) is 4.90. The zero-order chi connectivity index (χ0) is 18.9. The molecule has 1 saturated heterocycles. The number of carbonyl (C=O) groups excluding carboxylic acids is 1. The van der Waals surface area contributed by atoms with Crippen molar-refractivity contribution in [3.8, 4) is 0 Å². The van der Waals surface area contributed by atoms with Gasteiger partial charge in [-0.25, -0.2) is 22.2 Å². The highest BCUT2D eigenvalue weighted by molar-refractivity contribution is 7.91. The first-order valence-corrected chi connectivity index (χ1v) is 9.73. The number of aromatic nitrogens is 1. The summed E-state index contributed by atoms with van der Waals surface area (Å²) in [6.07, 6.45) is 1.95. The normalized spacial score (nSPS) is 18.5. The van der Waals surface area contributed by atoms with E-state index in [2.05, 4.69) is 10.3 Å². The molecule has 1 aromatic heterocycles. The molecular formula is C17H17F2N3O3S. The molecule has 0 aliphatic carbocycles. The van der Waals surface area contributed by atoms with Gasteiger partial charge in [0.25, 0.3) is 5.91 Å². The van der Waals surface area contributed by atoms with Crippen molar-refractivity contribution in [3.05, 3.63) is 53.7 Å². The summed E-state index contributed by atoms with van der Waals surface area (Å²) in [5.74, 6) is -1.91. The molecule has 1 atom stereocenters. The number of hydrogen-bond acceptors (Lipinski definition) is 5. The molecule has 3 rings (SSSR count). The smallest absolute Gasteiger partial charge is 0.255 e. The van der Waals surface area contributed by atoms with Gasteiger partial charge in [0, 0.05) is 36.6 Å². The van der Waals surface area contributed by atoms with Gasteiger partial charge in [-0.2, -0.15) is 0 Å². The van der Waals surface area contributed by atoms with Crippen LogP contribution >= 0.6 is 0 Å². The minimum Gasteiger partial charge on any atom is -0.356 e. The Balaban J connectivity index is 1.76. The van der Waals surface area contributed by atoms with Crippen molar-refractivity contribution < 1.29 is 22.0 Å². The number of amides is 1. The number of sulfone groups is 1. The molecule has 1 fully saturated rings. The van der Waals surface area contributed by atoms with Crippen molar-refractivity contribution in [1.82, 2.24) is 4.98 Å². The maximum atomic E-state index is 13.2. The van der Waals surface area contributed by atoms with Crippen LogP contribution in [0.25, 0.3) is 0 Å². The largest absolute Gasteiger partial charge is 0.356 e. The van der Waals surface area contributed by atoms with E-state index in [1.807, 2.05) is 0 Å². The maximum Gasteiger partial charge on any atom is 0.255 e. The van der Waals surface area contributed by atoms with E-state index in [9.17, 15) is 22.0 Å². The van der Waals surface area contributed by atoms with Crippen molar-refractivity contribution in [1.29, 1.82) is 0 Å². The molecule has 1 aromatic carbocycles. The number of rotatable bonds is 4. The van der Waals surface area contributed by atoms with E-state index in [-0.39, 0.29) is 28.8 Å². The van der Waals surface area contributed by atoms with Gasteiger partial charge >= 0.3 is 0 Å². The summed E-state index contributed by atoms with van der Waals surface area (Å²) in [5.41, 5.74) is 0.398. The van der Waals surface area contributed by atoms with Gasteiger partial charge in [0.15, 0.2) is 21.5 Å². The molecule has 0 bridgehead atoms. The minimum atomic E-state index is -3.04. The molecule has 9 heteroatoms. The molecule has 0 radical (unpaired) electrons. The quantitative estimate of drug-likeness (QED) is 0.879. The summed E-state index contributed by atoms with van der Waals surface area (Å²) in [7, 11) is -1.31. The zero-order valence-electron chi connectivity index (χ0n) is 13.9. The van der Waals surface area contributed by atoms with Crippen LogP contribution in [0.4, 0.5) is 20.3 Å². The second-order valence-electron chi connectivity index (χ2n) is 6.15. The monoisotopic (exact) mass is 381 g/mol. The third-order valence-corrected chi connectivity index (χ3v) is 6.05. The van der Waals surface area contributed by atoms with Crippen molar-refractivity contribution in [2.24, 2.45) is 0 Å². The molecule has 2 aromatic rings. The average molecular weight is 381 g/mol. The van der Waals surface area contributed by atoms with Crippen LogP contribution in [0.1, 0.15) is 16.8 Å². The Bertz CT molecular complexity index is 950. The summed E-state index contributed by atoms with van der Waals surface area (Å²) >= 11 is 0. The number of pyridine rings is 1. The summed E-state index contributed by atoms with van der Waals surface area (Å²) in [6, 6.07) is 5.89. The lowest BCUT2D eigenvalue weighted by Gasteiger charge is -2.24. The van der Waals surface area contributed by atoms with Crippen LogP contribution in [-0.2, 0) is 9.84 Å². The van der Waals surface area contributed by atoms with E-state index >= 15 is 0 Å². The molecule has 26 heavy (non-hydrogen) atoms. The van der Waals surface area contributed by atoms with E-state index in [0.29, 0.717) is 12.2 Å². The first kappa shape index (κ1) is 18.2. The van der Waals surface area contributed by atoms with Crippen LogP contribution in [0.15, 0.2) is 36.5 Å². The Labute approximate surface area is 149 Å². The topological polar surface area (TPSA) is 79.4 Å². The van der Waals surface area contributed by atoms with Crippen molar-refractivity contribution in [3.63, 3.8) is 0 Å². The number of benzene rings is 1. The van der Waals surface area contributed by atoms with Crippen LogP contribution in [0.5, 0.6) is 0 Å². The lowest BCUT2D eigenvalue weighted by molar-refractivity contribution is 0.102. The van der Waals surface area contributed by atoms with E-state index in [1.54, 1.807) is 11.9 Å².